The minimum Gasteiger partial charge on any atom is -0.396 e. The van der Waals surface area contributed by atoms with E-state index < -0.39 is 0 Å². The summed E-state index contributed by atoms with van der Waals surface area (Å²) in [5.74, 6) is 2.12. The molecular formula is C15H27N3O. The molecular weight excluding hydrogens is 238 g/mol. The van der Waals surface area contributed by atoms with Crippen molar-refractivity contribution in [1.29, 1.82) is 0 Å². The second-order valence-electron chi connectivity index (χ2n) is 6.25. The number of aliphatic hydroxyl groups excluding tert-OH is 1. The van der Waals surface area contributed by atoms with Crippen molar-refractivity contribution < 1.29 is 5.11 Å². The fourth-order valence-corrected chi connectivity index (χ4v) is 1.92. The molecule has 1 rings (SSSR count). The molecule has 0 saturated heterocycles. The summed E-state index contributed by atoms with van der Waals surface area (Å²) >= 11 is 0. The van der Waals surface area contributed by atoms with Crippen LogP contribution >= 0.6 is 0 Å². The van der Waals surface area contributed by atoms with Gasteiger partial charge in [-0.25, -0.2) is 9.97 Å². The third kappa shape index (κ3) is 5.55. The van der Waals surface area contributed by atoms with E-state index >= 15 is 0 Å². The van der Waals surface area contributed by atoms with Crippen LogP contribution in [0.25, 0.3) is 0 Å². The zero-order valence-electron chi connectivity index (χ0n) is 12.8. The standard InChI is InChI=1S/C15H27N3O/c1-11(2)14-17-12(3)9-13(18-14)16-10-15(4,5)7-6-8-19/h9,11,19H,6-8,10H2,1-5H3,(H,16,17,18). The molecule has 1 heterocycles. The van der Waals surface area contributed by atoms with Crippen LogP contribution in [0.15, 0.2) is 6.07 Å². The van der Waals surface area contributed by atoms with Crippen LogP contribution in [-0.2, 0) is 0 Å². The lowest BCUT2D eigenvalue weighted by molar-refractivity contribution is 0.248. The largest absolute Gasteiger partial charge is 0.396 e. The van der Waals surface area contributed by atoms with E-state index in [1.807, 2.05) is 13.0 Å². The van der Waals surface area contributed by atoms with Crippen LogP contribution in [0, 0.1) is 12.3 Å². The average Bonchev–Trinajstić information content (AvgIpc) is 2.33. The lowest BCUT2D eigenvalue weighted by Gasteiger charge is -2.25. The molecule has 0 saturated carbocycles. The highest BCUT2D eigenvalue weighted by atomic mass is 16.2. The summed E-state index contributed by atoms with van der Waals surface area (Å²) in [6.07, 6.45) is 1.84. The summed E-state index contributed by atoms with van der Waals surface area (Å²) in [7, 11) is 0. The number of hydrogen-bond acceptors (Lipinski definition) is 4. The van der Waals surface area contributed by atoms with Crippen molar-refractivity contribution in [2.75, 3.05) is 18.5 Å². The second-order valence-corrected chi connectivity index (χ2v) is 6.25. The molecule has 1 aromatic heterocycles. The maximum Gasteiger partial charge on any atom is 0.133 e. The quantitative estimate of drug-likeness (QED) is 0.795. The van der Waals surface area contributed by atoms with E-state index in [9.17, 15) is 0 Å². The Hall–Kier alpha value is -1.16. The number of nitrogens with zero attached hydrogens (tertiary/aromatic N) is 2. The Kier molecular flexibility index (Phi) is 5.73. The molecule has 0 radical (unpaired) electrons. The van der Waals surface area contributed by atoms with Gasteiger partial charge in [0.25, 0.3) is 0 Å². The molecule has 0 spiro atoms. The molecule has 2 N–H and O–H groups in total. The Morgan fingerprint density at radius 1 is 1.32 bits per heavy atom. The Labute approximate surface area is 116 Å². The van der Waals surface area contributed by atoms with Gasteiger partial charge in [0.05, 0.1) is 0 Å². The molecule has 0 fully saturated rings. The summed E-state index contributed by atoms with van der Waals surface area (Å²) in [6, 6.07) is 1.98. The Morgan fingerprint density at radius 2 is 2.00 bits per heavy atom. The molecule has 0 aromatic carbocycles. The number of aryl methyl sites for hydroxylation is 1. The van der Waals surface area contributed by atoms with E-state index in [4.69, 9.17) is 5.11 Å². The van der Waals surface area contributed by atoms with Crippen molar-refractivity contribution in [3.8, 4) is 0 Å². The van der Waals surface area contributed by atoms with Crippen molar-refractivity contribution >= 4 is 5.82 Å². The highest BCUT2D eigenvalue weighted by Crippen LogP contribution is 2.23. The molecule has 108 valence electrons. The number of hydrogen-bond donors (Lipinski definition) is 2. The van der Waals surface area contributed by atoms with Crippen LogP contribution in [0.1, 0.15) is 58.0 Å². The molecule has 0 unspecified atom stereocenters. The van der Waals surface area contributed by atoms with Crippen molar-refractivity contribution in [2.45, 2.75) is 53.4 Å². The van der Waals surface area contributed by atoms with E-state index in [2.05, 4.69) is 43.0 Å². The van der Waals surface area contributed by atoms with E-state index in [1.165, 1.54) is 0 Å². The fraction of sp³-hybridized carbons (Fsp3) is 0.733. The normalized spacial score (nSPS) is 11.9. The minimum absolute atomic E-state index is 0.152. The lowest BCUT2D eigenvalue weighted by Crippen LogP contribution is -2.24. The van der Waals surface area contributed by atoms with Crippen LogP contribution in [-0.4, -0.2) is 28.2 Å². The third-order valence-corrected chi connectivity index (χ3v) is 3.15. The molecule has 0 bridgehead atoms. The fourth-order valence-electron chi connectivity index (χ4n) is 1.92. The predicted octanol–water partition coefficient (Wildman–Crippen LogP) is 3.12. The predicted molar refractivity (Wildman–Crippen MR) is 79.4 cm³/mol. The molecule has 1 aromatic rings. The smallest absolute Gasteiger partial charge is 0.133 e. The lowest BCUT2D eigenvalue weighted by atomic mass is 9.88. The maximum absolute atomic E-state index is 8.91. The zero-order chi connectivity index (χ0) is 14.5. The van der Waals surface area contributed by atoms with E-state index in [0.29, 0.717) is 5.92 Å². The summed E-state index contributed by atoms with van der Waals surface area (Å²) in [5.41, 5.74) is 1.15. The number of aliphatic hydroxyl groups is 1. The second kappa shape index (κ2) is 6.85. The summed E-state index contributed by atoms with van der Waals surface area (Å²) in [6.45, 7) is 11.7. The summed E-state index contributed by atoms with van der Waals surface area (Å²) < 4.78 is 0. The molecule has 0 aliphatic heterocycles. The topological polar surface area (TPSA) is 58.0 Å². The van der Waals surface area contributed by atoms with Crippen LogP contribution in [0.5, 0.6) is 0 Å². The van der Waals surface area contributed by atoms with Gasteiger partial charge in [0, 0.05) is 30.8 Å². The molecule has 0 atom stereocenters. The van der Waals surface area contributed by atoms with Gasteiger partial charge < -0.3 is 10.4 Å². The Bertz CT molecular complexity index is 402. The van der Waals surface area contributed by atoms with E-state index in [-0.39, 0.29) is 12.0 Å². The number of rotatable bonds is 7. The van der Waals surface area contributed by atoms with Crippen molar-refractivity contribution in [3.05, 3.63) is 17.6 Å². The average molecular weight is 265 g/mol. The minimum atomic E-state index is 0.152. The van der Waals surface area contributed by atoms with Gasteiger partial charge >= 0.3 is 0 Å². The monoisotopic (exact) mass is 265 g/mol. The van der Waals surface area contributed by atoms with Crippen molar-refractivity contribution in [1.82, 2.24) is 9.97 Å². The van der Waals surface area contributed by atoms with Gasteiger partial charge in [-0.1, -0.05) is 27.7 Å². The van der Waals surface area contributed by atoms with Gasteiger partial charge in [0.15, 0.2) is 0 Å². The van der Waals surface area contributed by atoms with E-state index in [0.717, 1.165) is 36.7 Å². The molecule has 4 nitrogen and oxygen atoms in total. The van der Waals surface area contributed by atoms with Gasteiger partial charge in [0.1, 0.15) is 11.6 Å². The number of aromatic nitrogens is 2. The third-order valence-electron chi connectivity index (χ3n) is 3.15. The van der Waals surface area contributed by atoms with E-state index in [1.54, 1.807) is 0 Å². The zero-order valence-corrected chi connectivity index (χ0v) is 12.8. The maximum atomic E-state index is 8.91. The SMILES string of the molecule is Cc1cc(NCC(C)(C)CCCO)nc(C(C)C)n1. The van der Waals surface area contributed by atoms with Gasteiger partial charge in [-0.3, -0.25) is 0 Å². The van der Waals surface area contributed by atoms with Crippen LogP contribution in [0.2, 0.25) is 0 Å². The van der Waals surface area contributed by atoms with Crippen LogP contribution in [0.4, 0.5) is 5.82 Å². The number of nitrogens with one attached hydrogen (secondary N) is 1. The van der Waals surface area contributed by atoms with Crippen molar-refractivity contribution in [3.63, 3.8) is 0 Å². The highest BCUT2D eigenvalue weighted by molar-refractivity contribution is 5.36. The highest BCUT2D eigenvalue weighted by Gasteiger charge is 2.17. The van der Waals surface area contributed by atoms with Crippen molar-refractivity contribution in [2.24, 2.45) is 5.41 Å². The number of anilines is 1. The van der Waals surface area contributed by atoms with Gasteiger partial charge in [0.2, 0.25) is 0 Å². The van der Waals surface area contributed by atoms with Crippen LogP contribution in [0.3, 0.4) is 0 Å². The molecule has 0 aliphatic carbocycles. The van der Waals surface area contributed by atoms with Gasteiger partial charge in [-0.05, 0) is 25.2 Å². The van der Waals surface area contributed by atoms with Crippen LogP contribution < -0.4 is 5.32 Å². The molecule has 0 aliphatic rings. The molecule has 0 amide bonds. The summed E-state index contributed by atoms with van der Waals surface area (Å²) in [5, 5.41) is 12.3. The molecule has 4 heteroatoms. The summed E-state index contributed by atoms with van der Waals surface area (Å²) in [4.78, 5) is 8.99. The molecule has 19 heavy (non-hydrogen) atoms. The Balaban J connectivity index is 2.67. The first-order valence-electron chi connectivity index (χ1n) is 7.04. The Morgan fingerprint density at radius 3 is 2.58 bits per heavy atom. The first-order chi connectivity index (χ1) is 8.84. The van der Waals surface area contributed by atoms with Gasteiger partial charge in [-0.15, -0.1) is 0 Å². The van der Waals surface area contributed by atoms with Gasteiger partial charge in [-0.2, -0.15) is 0 Å². The first-order valence-corrected chi connectivity index (χ1v) is 7.04. The first kappa shape index (κ1) is 15.9.